The maximum Gasteiger partial charge on any atom is 0.341 e. The Labute approximate surface area is 146 Å². The molecule has 138 valence electrons. The van der Waals surface area contributed by atoms with E-state index in [1.54, 1.807) is 19.9 Å². The lowest BCUT2D eigenvalue weighted by atomic mass is 9.84. The first kappa shape index (κ1) is 18.1. The van der Waals surface area contributed by atoms with Crippen LogP contribution in [0.5, 0.6) is 0 Å². The van der Waals surface area contributed by atoms with Crippen LogP contribution in [0.3, 0.4) is 0 Å². The molecule has 3 N–H and O–H groups in total. The Bertz CT molecular complexity index is 627. The van der Waals surface area contributed by atoms with E-state index < -0.39 is 30.1 Å². The first-order valence-electron chi connectivity index (χ1n) is 8.80. The van der Waals surface area contributed by atoms with Crippen molar-refractivity contribution in [1.29, 1.82) is 0 Å². The van der Waals surface area contributed by atoms with Gasteiger partial charge in [-0.15, -0.1) is 0 Å². The van der Waals surface area contributed by atoms with Crippen molar-refractivity contribution in [2.45, 2.75) is 44.4 Å². The van der Waals surface area contributed by atoms with Crippen molar-refractivity contribution in [2.24, 2.45) is 5.92 Å². The zero-order valence-corrected chi connectivity index (χ0v) is 14.7. The SMILES string of the molecule is C/C=C1\C[C@@H](C)[C@](O)(CO)C(=O)OCC2=CC[NH+]3CC[C@@H](OC1=O)[C@@H]23. The number of hydrogen-bond donors (Lipinski definition) is 3. The van der Waals surface area contributed by atoms with Gasteiger partial charge in [-0.2, -0.15) is 0 Å². The molecule has 2 saturated heterocycles. The number of carbonyl (C=O) groups is 2. The van der Waals surface area contributed by atoms with Gasteiger partial charge in [-0.05, 0) is 19.4 Å². The third-order valence-corrected chi connectivity index (χ3v) is 5.76. The zero-order chi connectivity index (χ0) is 18.2. The van der Waals surface area contributed by atoms with Crippen molar-refractivity contribution in [3.8, 4) is 0 Å². The molecule has 3 aliphatic heterocycles. The van der Waals surface area contributed by atoms with E-state index in [1.165, 1.54) is 4.90 Å². The number of carbonyl (C=O) groups excluding carboxylic acids is 2. The first-order valence-corrected chi connectivity index (χ1v) is 8.80. The molecule has 7 heteroatoms. The molecule has 7 nitrogen and oxygen atoms in total. The number of rotatable bonds is 1. The summed E-state index contributed by atoms with van der Waals surface area (Å²) in [6.07, 6.45) is 4.33. The summed E-state index contributed by atoms with van der Waals surface area (Å²) in [5.41, 5.74) is -0.743. The van der Waals surface area contributed by atoms with Gasteiger partial charge in [0.1, 0.15) is 6.61 Å². The average molecular weight is 352 g/mol. The summed E-state index contributed by atoms with van der Waals surface area (Å²) in [6.45, 7) is 4.33. The first-order chi connectivity index (χ1) is 11.9. The van der Waals surface area contributed by atoms with Gasteiger partial charge >= 0.3 is 11.9 Å². The minimum Gasteiger partial charge on any atom is -0.459 e. The number of quaternary nitrogens is 1. The molecular weight excluding hydrogens is 326 g/mol. The van der Waals surface area contributed by atoms with E-state index in [1.807, 2.05) is 6.08 Å². The molecule has 3 rings (SSSR count). The predicted octanol–water partition coefficient (Wildman–Crippen LogP) is -1.25. The third-order valence-electron chi connectivity index (χ3n) is 5.76. The quantitative estimate of drug-likeness (QED) is 0.310. The molecule has 0 amide bonds. The molecule has 0 bridgehead atoms. The number of aliphatic hydroxyl groups excluding tert-OH is 1. The van der Waals surface area contributed by atoms with Crippen LogP contribution in [0.25, 0.3) is 0 Å². The summed E-state index contributed by atoms with van der Waals surface area (Å²) in [4.78, 5) is 26.3. The van der Waals surface area contributed by atoms with E-state index in [4.69, 9.17) is 9.47 Å². The topological polar surface area (TPSA) is 97.5 Å². The van der Waals surface area contributed by atoms with E-state index in [-0.39, 0.29) is 25.2 Å². The zero-order valence-electron chi connectivity index (χ0n) is 14.7. The van der Waals surface area contributed by atoms with Crippen LogP contribution >= 0.6 is 0 Å². The fourth-order valence-electron chi connectivity index (χ4n) is 4.03. The van der Waals surface area contributed by atoms with Crippen LogP contribution in [-0.2, 0) is 19.1 Å². The van der Waals surface area contributed by atoms with Crippen molar-refractivity contribution in [1.82, 2.24) is 0 Å². The van der Waals surface area contributed by atoms with Crippen molar-refractivity contribution in [2.75, 3.05) is 26.3 Å². The minimum absolute atomic E-state index is 0.00562. The van der Waals surface area contributed by atoms with Crippen LogP contribution in [0, 0.1) is 5.92 Å². The molecule has 0 aromatic rings. The molecule has 5 atom stereocenters. The molecule has 0 radical (unpaired) electrons. The molecule has 0 aliphatic carbocycles. The van der Waals surface area contributed by atoms with Crippen molar-refractivity contribution < 1.29 is 34.2 Å². The molecule has 0 aromatic carbocycles. The Balaban J connectivity index is 1.93. The van der Waals surface area contributed by atoms with Gasteiger partial charge in [0.2, 0.25) is 0 Å². The van der Waals surface area contributed by atoms with Gasteiger partial charge in [-0.1, -0.05) is 13.0 Å². The second kappa shape index (κ2) is 6.90. The molecule has 0 aromatic heterocycles. The maximum atomic E-state index is 12.6. The highest BCUT2D eigenvalue weighted by Crippen LogP contribution is 2.29. The maximum absolute atomic E-state index is 12.6. The summed E-state index contributed by atoms with van der Waals surface area (Å²) in [5, 5.41) is 20.2. The van der Waals surface area contributed by atoms with E-state index in [2.05, 4.69) is 0 Å². The van der Waals surface area contributed by atoms with Crippen LogP contribution in [-0.4, -0.2) is 66.2 Å². The van der Waals surface area contributed by atoms with E-state index >= 15 is 0 Å². The Hall–Kier alpha value is -1.70. The second-order valence-corrected chi connectivity index (χ2v) is 7.18. The summed E-state index contributed by atoms with van der Waals surface area (Å²) in [6, 6.07) is -0.00562. The summed E-state index contributed by atoms with van der Waals surface area (Å²) < 4.78 is 11.1. The molecular formula is C18H26NO6+. The number of hydrogen-bond acceptors (Lipinski definition) is 6. The minimum atomic E-state index is -2.05. The van der Waals surface area contributed by atoms with Gasteiger partial charge < -0.3 is 24.6 Å². The highest BCUT2D eigenvalue weighted by molar-refractivity contribution is 5.89. The standard InChI is InChI=1S/C18H25NO6/c1-3-12-8-11(2)18(23,10-20)17(22)24-9-13-4-6-19-7-5-14(15(13)19)25-16(12)21/h3-4,11,14-15,20,23H,5-10H2,1-2H3/p+1/b12-3+/t11-,14-,15-,18-/m1/s1. The van der Waals surface area contributed by atoms with E-state index in [0.29, 0.717) is 5.57 Å². The Morgan fingerprint density at radius 1 is 1.44 bits per heavy atom. The van der Waals surface area contributed by atoms with E-state index in [0.717, 1.165) is 25.1 Å². The molecule has 0 spiro atoms. The predicted molar refractivity (Wildman–Crippen MR) is 87.6 cm³/mol. The molecule has 3 heterocycles. The highest BCUT2D eigenvalue weighted by Gasteiger charge is 2.49. The smallest absolute Gasteiger partial charge is 0.341 e. The van der Waals surface area contributed by atoms with Gasteiger partial charge in [0.15, 0.2) is 17.7 Å². The van der Waals surface area contributed by atoms with Gasteiger partial charge in [0.05, 0.1) is 19.7 Å². The van der Waals surface area contributed by atoms with Crippen LogP contribution < -0.4 is 4.90 Å². The number of nitrogens with one attached hydrogen (secondary N) is 1. The molecule has 1 unspecified atom stereocenters. The van der Waals surface area contributed by atoms with Gasteiger partial charge in [0.25, 0.3) is 0 Å². The average Bonchev–Trinajstić information content (AvgIpc) is 3.18. The normalized spacial score (nSPS) is 40.6. The van der Waals surface area contributed by atoms with Crippen LogP contribution in [0.4, 0.5) is 0 Å². The van der Waals surface area contributed by atoms with Crippen LogP contribution in [0.1, 0.15) is 26.7 Å². The fourth-order valence-corrected chi connectivity index (χ4v) is 4.03. The Morgan fingerprint density at radius 2 is 2.20 bits per heavy atom. The molecule has 3 aliphatic rings. The Morgan fingerprint density at radius 3 is 2.88 bits per heavy atom. The number of cyclic esters (lactones) is 1. The summed E-state index contributed by atoms with van der Waals surface area (Å²) in [7, 11) is 0. The molecule has 2 fully saturated rings. The lowest BCUT2D eigenvalue weighted by molar-refractivity contribution is -0.896. The van der Waals surface area contributed by atoms with Crippen molar-refractivity contribution in [3.63, 3.8) is 0 Å². The Kier molecular flexibility index (Phi) is 4.99. The van der Waals surface area contributed by atoms with Gasteiger partial charge in [-0.25, -0.2) is 9.59 Å². The van der Waals surface area contributed by atoms with Crippen LogP contribution in [0.2, 0.25) is 0 Å². The number of esters is 2. The fraction of sp³-hybridized carbons (Fsp3) is 0.667. The monoisotopic (exact) mass is 352 g/mol. The number of ether oxygens (including phenoxy) is 2. The van der Waals surface area contributed by atoms with Crippen molar-refractivity contribution >= 4 is 11.9 Å². The molecule has 25 heavy (non-hydrogen) atoms. The van der Waals surface area contributed by atoms with E-state index in [9.17, 15) is 19.8 Å². The summed E-state index contributed by atoms with van der Waals surface area (Å²) >= 11 is 0. The van der Waals surface area contributed by atoms with Crippen molar-refractivity contribution in [3.05, 3.63) is 23.3 Å². The van der Waals surface area contributed by atoms with Crippen LogP contribution in [0.15, 0.2) is 23.3 Å². The number of allylic oxidation sites excluding steroid dienone is 1. The lowest BCUT2D eigenvalue weighted by Gasteiger charge is -2.31. The second-order valence-electron chi connectivity index (χ2n) is 7.18. The molecule has 0 saturated carbocycles. The summed E-state index contributed by atoms with van der Waals surface area (Å²) in [5.74, 6) is -1.96. The van der Waals surface area contributed by atoms with Gasteiger partial charge in [0, 0.05) is 23.5 Å². The highest BCUT2D eigenvalue weighted by atomic mass is 16.6. The number of aliphatic hydroxyl groups is 2. The lowest BCUT2D eigenvalue weighted by Crippen LogP contribution is -3.12. The van der Waals surface area contributed by atoms with Gasteiger partial charge in [-0.3, -0.25) is 0 Å². The largest absolute Gasteiger partial charge is 0.459 e. The third kappa shape index (κ3) is 3.12.